The van der Waals surface area contributed by atoms with Crippen LogP contribution in [0.5, 0.6) is 11.5 Å². The number of rotatable bonds is 10. The number of nitrogens with one attached hydrogen (secondary N) is 2. The average molecular weight is 615 g/mol. The molecule has 0 unspecified atom stereocenters. The lowest BCUT2D eigenvalue weighted by molar-refractivity contribution is -0.274. The first-order valence-electron chi connectivity index (χ1n) is 13.2. The highest BCUT2D eigenvalue weighted by Crippen LogP contribution is 2.31. The van der Waals surface area contributed by atoms with Crippen LogP contribution in [0.15, 0.2) is 65.7 Å². The van der Waals surface area contributed by atoms with Crippen molar-refractivity contribution in [1.29, 1.82) is 0 Å². The minimum absolute atomic E-state index is 0.124. The van der Waals surface area contributed by atoms with Gasteiger partial charge in [-0.2, -0.15) is 0 Å². The van der Waals surface area contributed by atoms with Gasteiger partial charge in [0.1, 0.15) is 17.0 Å². The number of fused-ring (bicyclic) bond motifs is 1. The molecule has 2 aromatic heterocycles. The molecule has 0 bridgehead atoms. The van der Waals surface area contributed by atoms with Crippen molar-refractivity contribution in [2.75, 3.05) is 11.9 Å². The Hall–Kier alpha value is -4.85. The number of aryl methyl sites for hydroxylation is 1. The van der Waals surface area contributed by atoms with E-state index in [9.17, 15) is 18.0 Å². The van der Waals surface area contributed by atoms with Crippen LogP contribution in [0.3, 0.4) is 0 Å². The van der Waals surface area contributed by atoms with Crippen molar-refractivity contribution in [2.24, 2.45) is 4.99 Å². The molecule has 0 spiro atoms. The van der Waals surface area contributed by atoms with E-state index in [0.717, 1.165) is 23.0 Å². The van der Waals surface area contributed by atoms with E-state index >= 15 is 0 Å². The van der Waals surface area contributed by atoms with Crippen LogP contribution in [0.4, 0.5) is 24.8 Å². The van der Waals surface area contributed by atoms with Gasteiger partial charge in [0.15, 0.2) is 0 Å². The van der Waals surface area contributed by atoms with Gasteiger partial charge in [-0.1, -0.05) is 35.8 Å². The Kier molecular flexibility index (Phi) is 8.66. The summed E-state index contributed by atoms with van der Waals surface area (Å²) in [5, 5.41) is 16.0. The van der Waals surface area contributed by atoms with Gasteiger partial charge in [0.25, 0.3) is 5.91 Å². The summed E-state index contributed by atoms with van der Waals surface area (Å²) in [5.41, 5.74) is 3.69. The number of alkyl halides is 3. The van der Waals surface area contributed by atoms with Crippen LogP contribution in [-0.4, -0.2) is 48.6 Å². The van der Waals surface area contributed by atoms with Crippen LogP contribution in [0, 0.1) is 0 Å². The molecular weight excluding hydrogens is 589 g/mol. The number of carbonyl (C=O) groups is 1. The van der Waals surface area contributed by atoms with Crippen molar-refractivity contribution in [1.82, 2.24) is 29.8 Å². The molecule has 1 amide bonds. The number of hydrogen-bond donors (Lipinski definition) is 2. The molecule has 11 nitrogen and oxygen atoms in total. The van der Waals surface area contributed by atoms with Crippen LogP contribution < -0.4 is 20.4 Å². The second-order valence-electron chi connectivity index (χ2n) is 9.30. The third-order valence-corrected chi connectivity index (χ3v) is 6.49. The fourth-order valence-corrected chi connectivity index (χ4v) is 4.67. The average Bonchev–Trinajstić information content (AvgIpc) is 3.58. The van der Waals surface area contributed by atoms with Crippen LogP contribution in [0.2, 0.25) is 5.02 Å². The van der Waals surface area contributed by atoms with Crippen molar-refractivity contribution < 1.29 is 27.4 Å². The molecule has 0 aliphatic heterocycles. The molecule has 5 rings (SSSR count). The Morgan fingerprint density at radius 3 is 2.44 bits per heavy atom. The van der Waals surface area contributed by atoms with Gasteiger partial charge in [-0.25, -0.2) is 10.1 Å². The molecule has 3 aromatic carbocycles. The minimum atomic E-state index is -4.80. The first-order valence-corrected chi connectivity index (χ1v) is 13.6. The first-order chi connectivity index (χ1) is 20.6. The third-order valence-electron chi connectivity index (χ3n) is 6.27. The highest BCUT2D eigenvalue weighted by Gasteiger charge is 2.31. The summed E-state index contributed by atoms with van der Waals surface area (Å²) in [4.78, 5) is 17.4. The Bertz CT molecular complexity index is 1780. The van der Waals surface area contributed by atoms with E-state index in [2.05, 4.69) is 30.7 Å². The lowest BCUT2D eigenvalue weighted by Gasteiger charge is -2.10. The standard InChI is InChI=1S/C28H26ClF3N8O3/c1-3-13-42-23-15-19(29)14-22-24(23)39(4-2)27(33-20-9-11-21(12-10-20)43-28(30,31)32)40(22)16-17-5-7-18(8-6-17)25(41)34-26-35-37-38-36-26/h5-12,14-15H,3-4,13,16H2,1-2H3,(H2,34,35,36,37,38,41)/b33-27+. The van der Waals surface area contributed by atoms with Gasteiger partial charge in [0.05, 0.1) is 24.4 Å². The molecule has 0 atom stereocenters. The van der Waals surface area contributed by atoms with E-state index in [4.69, 9.17) is 21.3 Å². The van der Waals surface area contributed by atoms with Crippen molar-refractivity contribution in [3.05, 3.63) is 82.4 Å². The van der Waals surface area contributed by atoms with Crippen molar-refractivity contribution >= 4 is 40.2 Å². The largest absolute Gasteiger partial charge is 0.573 e. The molecular formula is C28H26ClF3N8O3. The fraction of sp³-hybridized carbons (Fsp3) is 0.250. The zero-order valence-corrected chi connectivity index (χ0v) is 23.8. The molecule has 0 radical (unpaired) electrons. The summed E-state index contributed by atoms with van der Waals surface area (Å²) in [6.07, 6.45) is -4.01. The molecule has 0 fully saturated rings. The summed E-state index contributed by atoms with van der Waals surface area (Å²) in [5.74, 6) is -0.0249. The van der Waals surface area contributed by atoms with E-state index in [0.29, 0.717) is 47.3 Å². The Morgan fingerprint density at radius 2 is 1.81 bits per heavy atom. The first kappa shape index (κ1) is 29.6. The molecule has 0 aliphatic carbocycles. The van der Waals surface area contributed by atoms with Gasteiger partial charge < -0.3 is 18.6 Å². The number of hydrogen-bond acceptors (Lipinski definition) is 7. The predicted molar refractivity (Wildman–Crippen MR) is 152 cm³/mol. The summed E-state index contributed by atoms with van der Waals surface area (Å²) in [6.45, 7) is 5.28. The molecule has 2 N–H and O–H groups in total. The fourth-order valence-electron chi connectivity index (χ4n) is 4.46. The van der Waals surface area contributed by atoms with E-state index in [1.165, 1.54) is 24.3 Å². The second kappa shape index (κ2) is 12.6. The monoisotopic (exact) mass is 614 g/mol. The van der Waals surface area contributed by atoms with E-state index < -0.39 is 12.3 Å². The number of aromatic amines is 1. The predicted octanol–water partition coefficient (Wildman–Crippen LogP) is 5.85. The molecule has 224 valence electrons. The number of H-pyrrole nitrogens is 1. The van der Waals surface area contributed by atoms with Gasteiger partial charge in [0.2, 0.25) is 11.6 Å². The maximum atomic E-state index is 12.7. The number of anilines is 1. The number of tetrazole rings is 1. The minimum Gasteiger partial charge on any atom is -0.491 e. The lowest BCUT2D eigenvalue weighted by Crippen LogP contribution is -2.26. The lowest BCUT2D eigenvalue weighted by atomic mass is 10.1. The van der Waals surface area contributed by atoms with Crippen molar-refractivity contribution in [3.63, 3.8) is 0 Å². The topological polar surface area (TPSA) is 124 Å². The van der Waals surface area contributed by atoms with Gasteiger partial charge in [-0.15, -0.1) is 13.2 Å². The second-order valence-corrected chi connectivity index (χ2v) is 9.74. The Morgan fingerprint density at radius 1 is 1.07 bits per heavy atom. The Labute approximate surface area is 247 Å². The summed E-state index contributed by atoms with van der Waals surface area (Å²) in [6, 6.07) is 15.8. The SMILES string of the molecule is CCCOc1cc(Cl)cc2c1n(CC)/c(=N\c1ccc(OC(F)(F)F)cc1)n2Cc1ccc(C(=O)Nc2nnn[nH]2)cc1. The van der Waals surface area contributed by atoms with E-state index in [-0.39, 0.29) is 11.7 Å². The molecule has 43 heavy (non-hydrogen) atoms. The number of benzene rings is 3. The summed E-state index contributed by atoms with van der Waals surface area (Å²) in [7, 11) is 0. The van der Waals surface area contributed by atoms with Crippen molar-refractivity contribution in [2.45, 2.75) is 39.7 Å². The number of amides is 1. The molecule has 5 aromatic rings. The zero-order chi connectivity index (χ0) is 30.6. The summed E-state index contributed by atoms with van der Waals surface area (Å²) < 4.78 is 52.0. The van der Waals surface area contributed by atoms with E-state index in [1.54, 1.807) is 18.2 Å². The highest BCUT2D eigenvalue weighted by molar-refractivity contribution is 6.31. The van der Waals surface area contributed by atoms with Gasteiger partial charge in [-0.3, -0.25) is 10.1 Å². The van der Waals surface area contributed by atoms with Crippen LogP contribution >= 0.6 is 11.6 Å². The molecule has 2 heterocycles. The number of imidazole rings is 1. The molecule has 0 saturated carbocycles. The summed E-state index contributed by atoms with van der Waals surface area (Å²) >= 11 is 6.53. The van der Waals surface area contributed by atoms with Gasteiger partial charge in [-0.05, 0) is 71.8 Å². The van der Waals surface area contributed by atoms with Crippen molar-refractivity contribution in [3.8, 4) is 11.5 Å². The normalized spacial score (nSPS) is 12.1. The van der Waals surface area contributed by atoms with Gasteiger partial charge in [0, 0.05) is 23.2 Å². The number of aromatic nitrogens is 6. The Balaban J connectivity index is 1.58. The zero-order valence-electron chi connectivity index (χ0n) is 23.0. The molecule has 0 aliphatic rings. The number of ether oxygens (including phenoxy) is 2. The van der Waals surface area contributed by atoms with Crippen LogP contribution in [0.25, 0.3) is 11.0 Å². The number of halogens is 4. The quantitative estimate of drug-likeness (QED) is 0.203. The van der Waals surface area contributed by atoms with Gasteiger partial charge >= 0.3 is 6.36 Å². The maximum absolute atomic E-state index is 12.7. The molecule has 15 heteroatoms. The molecule has 0 saturated heterocycles. The third kappa shape index (κ3) is 6.97. The number of carbonyl (C=O) groups excluding carboxylic acids is 1. The smallest absolute Gasteiger partial charge is 0.491 e. The maximum Gasteiger partial charge on any atom is 0.573 e. The van der Waals surface area contributed by atoms with Crippen LogP contribution in [-0.2, 0) is 13.1 Å². The van der Waals surface area contributed by atoms with E-state index in [1.807, 2.05) is 41.2 Å². The van der Waals surface area contributed by atoms with Crippen LogP contribution in [0.1, 0.15) is 36.2 Å². The highest BCUT2D eigenvalue weighted by atomic mass is 35.5. The number of nitrogens with zero attached hydrogens (tertiary/aromatic N) is 6.